The Morgan fingerprint density at radius 3 is 2.79 bits per heavy atom. The van der Waals surface area contributed by atoms with Crippen LogP contribution in [0.25, 0.3) is 0 Å². The zero-order chi connectivity index (χ0) is 13.9. The van der Waals surface area contributed by atoms with E-state index >= 15 is 0 Å². The van der Waals surface area contributed by atoms with Gasteiger partial charge in [-0.3, -0.25) is 4.79 Å². The maximum Gasteiger partial charge on any atom is 0.258 e. The van der Waals surface area contributed by atoms with Gasteiger partial charge in [0.15, 0.2) is 6.61 Å². The quantitative estimate of drug-likeness (QED) is 0.904. The molecule has 0 saturated heterocycles. The number of aryl methyl sites for hydroxylation is 1. The van der Waals surface area contributed by atoms with Gasteiger partial charge in [-0.2, -0.15) is 0 Å². The second-order valence-electron chi connectivity index (χ2n) is 6.23. The lowest BCUT2D eigenvalue weighted by molar-refractivity contribution is -0.123. The Labute approximate surface area is 115 Å². The molecule has 0 heterocycles. The number of para-hydroxylation sites is 1. The lowest BCUT2D eigenvalue weighted by atomic mass is 9.92. The van der Waals surface area contributed by atoms with Gasteiger partial charge in [0.05, 0.1) is 0 Å². The standard InChI is InChI=1S/C16H23NO2/c1-12-6-4-5-7-14(12)19-11-15(18)17-13-8-9-16(2,3)10-13/h4-7,13H,8-11H2,1-3H3,(H,17,18). The van der Waals surface area contributed by atoms with E-state index in [2.05, 4.69) is 19.2 Å². The minimum Gasteiger partial charge on any atom is -0.484 e. The average molecular weight is 261 g/mol. The van der Waals surface area contributed by atoms with Crippen LogP contribution in [0.4, 0.5) is 0 Å². The number of ether oxygens (including phenoxy) is 1. The Kier molecular flexibility index (Phi) is 4.13. The molecule has 3 nitrogen and oxygen atoms in total. The lowest BCUT2D eigenvalue weighted by Gasteiger charge is -2.18. The molecule has 1 aliphatic rings. The Balaban J connectivity index is 1.78. The van der Waals surface area contributed by atoms with Crippen molar-refractivity contribution in [2.75, 3.05) is 6.61 Å². The Bertz CT molecular complexity index is 454. The first-order valence-corrected chi connectivity index (χ1v) is 6.94. The van der Waals surface area contributed by atoms with Crippen LogP contribution in [0.1, 0.15) is 38.7 Å². The van der Waals surface area contributed by atoms with Crippen LogP contribution in [0.2, 0.25) is 0 Å². The molecule has 0 spiro atoms. The van der Waals surface area contributed by atoms with Crippen LogP contribution in [-0.4, -0.2) is 18.6 Å². The minimum absolute atomic E-state index is 0.0223. The van der Waals surface area contributed by atoms with Gasteiger partial charge in [-0.1, -0.05) is 32.0 Å². The van der Waals surface area contributed by atoms with E-state index in [-0.39, 0.29) is 12.5 Å². The molecule has 19 heavy (non-hydrogen) atoms. The molecular weight excluding hydrogens is 238 g/mol. The van der Waals surface area contributed by atoms with Crippen molar-refractivity contribution >= 4 is 5.91 Å². The normalized spacial score (nSPS) is 21.1. The first-order chi connectivity index (χ1) is 8.96. The predicted molar refractivity (Wildman–Crippen MR) is 76.2 cm³/mol. The summed E-state index contributed by atoms with van der Waals surface area (Å²) in [6, 6.07) is 8.05. The van der Waals surface area contributed by atoms with Gasteiger partial charge in [-0.25, -0.2) is 0 Å². The van der Waals surface area contributed by atoms with Gasteiger partial charge in [0.1, 0.15) is 5.75 Å². The number of carbonyl (C=O) groups is 1. The maximum absolute atomic E-state index is 11.9. The van der Waals surface area contributed by atoms with E-state index in [1.165, 1.54) is 6.42 Å². The number of nitrogens with one attached hydrogen (secondary N) is 1. The van der Waals surface area contributed by atoms with Gasteiger partial charge in [0, 0.05) is 6.04 Å². The van der Waals surface area contributed by atoms with Gasteiger partial charge < -0.3 is 10.1 Å². The highest BCUT2D eigenvalue weighted by Crippen LogP contribution is 2.36. The number of rotatable bonds is 4. The smallest absolute Gasteiger partial charge is 0.258 e. The molecule has 104 valence electrons. The summed E-state index contributed by atoms with van der Waals surface area (Å²) in [7, 11) is 0. The first kappa shape index (κ1) is 13.9. The van der Waals surface area contributed by atoms with Crippen LogP contribution in [0.3, 0.4) is 0 Å². The monoisotopic (exact) mass is 261 g/mol. The molecule has 1 N–H and O–H groups in total. The van der Waals surface area contributed by atoms with E-state index in [9.17, 15) is 4.79 Å². The summed E-state index contributed by atoms with van der Waals surface area (Å²) in [6.45, 7) is 6.58. The summed E-state index contributed by atoms with van der Waals surface area (Å²) in [5.41, 5.74) is 1.41. The van der Waals surface area contributed by atoms with Crippen molar-refractivity contribution in [1.29, 1.82) is 0 Å². The van der Waals surface area contributed by atoms with Crippen LogP contribution < -0.4 is 10.1 Å². The minimum atomic E-state index is -0.0223. The predicted octanol–water partition coefficient (Wildman–Crippen LogP) is 3.07. The fourth-order valence-electron chi connectivity index (χ4n) is 2.69. The largest absolute Gasteiger partial charge is 0.484 e. The van der Waals surface area contributed by atoms with Crippen molar-refractivity contribution in [3.63, 3.8) is 0 Å². The molecule has 1 aromatic rings. The highest BCUT2D eigenvalue weighted by atomic mass is 16.5. The highest BCUT2D eigenvalue weighted by Gasteiger charge is 2.31. The SMILES string of the molecule is Cc1ccccc1OCC(=O)NC1CCC(C)(C)C1. The van der Waals surface area contributed by atoms with Crippen LogP contribution in [-0.2, 0) is 4.79 Å². The fourth-order valence-corrected chi connectivity index (χ4v) is 2.69. The average Bonchev–Trinajstić information content (AvgIpc) is 2.67. The van der Waals surface area contributed by atoms with Gasteiger partial charge >= 0.3 is 0 Å². The Morgan fingerprint density at radius 2 is 2.16 bits per heavy atom. The van der Waals surface area contributed by atoms with Crippen LogP contribution in [0.5, 0.6) is 5.75 Å². The number of hydrogen-bond acceptors (Lipinski definition) is 2. The maximum atomic E-state index is 11.9. The summed E-state index contributed by atoms with van der Waals surface area (Å²) in [4.78, 5) is 11.9. The van der Waals surface area contributed by atoms with Gasteiger partial charge in [-0.15, -0.1) is 0 Å². The number of carbonyl (C=O) groups excluding carboxylic acids is 1. The molecule has 1 atom stereocenters. The van der Waals surface area contributed by atoms with Gasteiger partial charge in [-0.05, 0) is 43.2 Å². The molecule has 1 fully saturated rings. The highest BCUT2D eigenvalue weighted by molar-refractivity contribution is 5.77. The summed E-state index contributed by atoms with van der Waals surface area (Å²) < 4.78 is 5.55. The van der Waals surface area contributed by atoms with Crippen molar-refractivity contribution in [2.24, 2.45) is 5.41 Å². The van der Waals surface area contributed by atoms with Crippen molar-refractivity contribution in [1.82, 2.24) is 5.32 Å². The lowest BCUT2D eigenvalue weighted by Crippen LogP contribution is -2.36. The van der Waals surface area contributed by atoms with E-state index in [1.54, 1.807) is 0 Å². The summed E-state index contributed by atoms with van der Waals surface area (Å²) in [5.74, 6) is 0.760. The van der Waals surface area contributed by atoms with Crippen LogP contribution in [0.15, 0.2) is 24.3 Å². The van der Waals surface area contributed by atoms with Crippen molar-refractivity contribution < 1.29 is 9.53 Å². The van der Waals surface area contributed by atoms with Crippen molar-refractivity contribution in [2.45, 2.75) is 46.1 Å². The summed E-state index contributed by atoms with van der Waals surface area (Å²) in [5, 5.41) is 3.06. The Morgan fingerprint density at radius 1 is 1.42 bits per heavy atom. The van der Waals surface area contributed by atoms with E-state index < -0.39 is 0 Å². The topological polar surface area (TPSA) is 38.3 Å². The molecule has 1 unspecified atom stereocenters. The first-order valence-electron chi connectivity index (χ1n) is 6.94. The third-order valence-electron chi connectivity index (χ3n) is 3.79. The van der Waals surface area contributed by atoms with Crippen molar-refractivity contribution in [3.8, 4) is 5.75 Å². The zero-order valence-corrected chi connectivity index (χ0v) is 12.0. The molecule has 2 rings (SSSR count). The van der Waals surface area contributed by atoms with E-state index in [0.29, 0.717) is 11.5 Å². The molecule has 3 heteroatoms. The molecular formula is C16H23NO2. The molecule has 1 aliphatic carbocycles. The fraction of sp³-hybridized carbons (Fsp3) is 0.562. The molecule has 0 radical (unpaired) electrons. The number of hydrogen-bond donors (Lipinski definition) is 1. The molecule has 0 aliphatic heterocycles. The number of amides is 1. The molecule has 0 aromatic heterocycles. The van der Waals surface area contributed by atoms with Gasteiger partial charge in [0.2, 0.25) is 0 Å². The van der Waals surface area contributed by atoms with E-state index in [1.807, 2.05) is 31.2 Å². The second-order valence-corrected chi connectivity index (χ2v) is 6.23. The molecule has 1 aromatic carbocycles. The number of benzene rings is 1. The van der Waals surface area contributed by atoms with Crippen LogP contribution in [0, 0.1) is 12.3 Å². The summed E-state index contributed by atoms with van der Waals surface area (Å²) in [6.07, 6.45) is 3.31. The van der Waals surface area contributed by atoms with E-state index in [0.717, 1.165) is 24.2 Å². The van der Waals surface area contributed by atoms with E-state index in [4.69, 9.17) is 4.74 Å². The molecule has 0 bridgehead atoms. The molecule has 1 saturated carbocycles. The van der Waals surface area contributed by atoms with Crippen molar-refractivity contribution in [3.05, 3.63) is 29.8 Å². The molecule has 1 amide bonds. The Hall–Kier alpha value is -1.51. The third kappa shape index (κ3) is 3.98. The summed E-state index contributed by atoms with van der Waals surface area (Å²) >= 11 is 0. The zero-order valence-electron chi connectivity index (χ0n) is 12.0. The third-order valence-corrected chi connectivity index (χ3v) is 3.79. The second kappa shape index (κ2) is 5.64. The van der Waals surface area contributed by atoms with Gasteiger partial charge in [0.25, 0.3) is 5.91 Å². The van der Waals surface area contributed by atoms with Crippen LogP contribution >= 0.6 is 0 Å².